The van der Waals surface area contributed by atoms with E-state index < -0.39 is 0 Å². The summed E-state index contributed by atoms with van der Waals surface area (Å²) >= 11 is 7.45. The van der Waals surface area contributed by atoms with Crippen LogP contribution in [-0.2, 0) is 11.2 Å². The summed E-state index contributed by atoms with van der Waals surface area (Å²) in [5.74, 6) is 1.99. The largest absolute Gasteiger partial charge is 0.438 e. The molecule has 5 rings (SSSR count). The van der Waals surface area contributed by atoms with E-state index in [0.717, 1.165) is 44.3 Å². The number of aryl methyl sites for hydroxylation is 2. The molecule has 0 saturated heterocycles. The predicted molar refractivity (Wildman–Crippen MR) is 137 cm³/mol. The van der Waals surface area contributed by atoms with Crippen molar-refractivity contribution in [2.45, 2.75) is 25.3 Å². The lowest BCUT2D eigenvalue weighted by Crippen LogP contribution is -2.16. The Kier molecular flexibility index (Phi) is 6.26. The van der Waals surface area contributed by atoms with Crippen molar-refractivity contribution in [2.75, 3.05) is 11.1 Å². The van der Waals surface area contributed by atoms with Gasteiger partial charge in [0.05, 0.1) is 11.3 Å². The van der Waals surface area contributed by atoms with Gasteiger partial charge in [-0.15, -0.1) is 0 Å². The second-order valence-corrected chi connectivity index (χ2v) is 9.53. The molecule has 5 nitrogen and oxygen atoms in total. The maximum atomic E-state index is 12.8. The number of para-hydroxylation sites is 2. The van der Waals surface area contributed by atoms with E-state index in [4.69, 9.17) is 26.3 Å². The van der Waals surface area contributed by atoms with Crippen LogP contribution in [0.4, 0.5) is 5.69 Å². The lowest BCUT2D eigenvalue weighted by Gasteiger charge is -2.21. The Hall–Kier alpha value is -3.35. The number of halogens is 1. The van der Waals surface area contributed by atoms with Crippen LogP contribution in [0.25, 0.3) is 11.4 Å². The minimum atomic E-state index is -0.0834. The molecule has 1 N–H and O–H groups in total. The molecule has 1 aliphatic rings. The van der Waals surface area contributed by atoms with Gasteiger partial charge in [-0.1, -0.05) is 59.8 Å². The minimum absolute atomic E-state index is 0.0834. The van der Waals surface area contributed by atoms with Gasteiger partial charge in [-0.3, -0.25) is 4.79 Å². The quantitative estimate of drug-likeness (QED) is 0.217. The molecule has 1 aromatic heterocycles. The Balaban J connectivity index is 1.45. The van der Waals surface area contributed by atoms with Crippen molar-refractivity contribution in [3.8, 4) is 23.0 Å². The van der Waals surface area contributed by atoms with Gasteiger partial charge in [-0.05, 0) is 60.9 Å². The highest BCUT2D eigenvalue weighted by molar-refractivity contribution is 8.00. The third-order valence-corrected chi connectivity index (χ3v) is 6.94. The number of benzene rings is 3. The van der Waals surface area contributed by atoms with Crippen LogP contribution in [0.1, 0.15) is 22.3 Å². The standard InChI is InChI=1S/C27H22ClN3O2S/c1-16-6-5-7-17(2)24(16)29-23(32)15-34-27-21-14-19-8-3-4-9-22(19)33-26(21)30-25(31-27)18-10-12-20(28)13-11-18/h3-13H,14-15H2,1-2H3,(H,29,32). The highest BCUT2D eigenvalue weighted by atomic mass is 35.5. The van der Waals surface area contributed by atoms with E-state index in [9.17, 15) is 4.79 Å². The Morgan fingerprint density at radius 3 is 2.50 bits per heavy atom. The lowest BCUT2D eigenvalue weighted by molar-refractivity contribution is -0.113. The minimum Gasteiger partial charge on any atom is -0.438 e. The zero-order valence-electron chi connectivity index (χ0n) is 18.8. The smallest absolute Gasteiger partial charge is 0.234 e. The fourth-order valence-electron chi connectivity index (χ4n) is 3.89. The number of amides is 1. The number of aromatic nitrogens is 2. The molecule has 170 valence electrons. The van der Waals surface area contributed by atoms with E-state index in [0.29, 0.717) is 23.1 Å². The van der Waals surface area contributed by atoms with E-state index >= 15 is 0 Å². The molecule has 0 bridgehead atoms. The molecular weight excluding hydrogens is 466 g/mol. The van der Waals surface area contributed by atoms with Crippen molar-refractivity contribution in [1.82, 2.24) is 9.97 Å². The predicted octanol–water partition coefficient (Wildman–Crippen LogP) is 6.84. The van der Waals surface area contributed by atoms with Crippen LogP contribution in [0.3, 0.4) is 0 Å². The number of rotatable bonds is 5. The molecule has 0 radical (unpaired) electrons. The van der Waals surface area contributed by atoms with Gasteiger partial charge < -0.3 is 10.1 Å². The number of anilines is 1. The van der Waals surface area contributed by atoms with Gasteiger partial charge in [0.25, 0.3) is 0 Å². The van der Waals surface area contributed by atoms with E-state index in [1.165, 1.54) is 11.8 Å². The summed E-state index contributed by atoms with van der Waals surface area (Å²) in [5.41, 5.74) is 5.72. The van der Waals surface area contributed by atoms with E-state index in [1.807, 2.05) is 68.4 Å². The van der Waals surface area contributed by atoms with Gasteiger partial charge in [0, 0.05) is 22.7 Å². The third kappa shape index (κ3) is 4.65. The number of nitrogens with zero attached hydrogens (tertiary/aromatic N) is 2. The number of thioether (sulfide) groups is 1. The van der Waals surface area contributed by atoms with E-state index in [-0.39, 0.29) is 11.7 Å². The second-order valence-electron chi connectivity index (χ2n) is 8.13. The molecule has 4 aromatic rings. The molecular formula is C27H22ClN3O2S. The molecule has 1 amide bonds. The zero-order valence-corrected chi connectivity index (χ0v) is 20.3. The summed E-state index contributed by atoms with van der Waals surface area (Å²) in [7, 11) is 0. The first-order valence-electron chi connectivity index (χ1n) is 10.9. The first-order valence-corrected chi connectivity index (χ1v) is 12.3. The molecule has 34 heavy (non-hydrogen) atoms. The fourth-order valence-corrected chi connectivity index (χ4v) is 4.84. The van der Waals surface area contributed by atoms with Gasteiger partial charge in [-0.2, -0.15) is 4.98 Å². The molecule has 0 atom stereocenters. The summed E-state index contributed by atoms with van der Waals surface area (Å²) in [6.07, 6.45) is 0.646. The van der Waals surface area contributed by atoms with Crippen molar-refractivity contribution in [3.05, 3.63) is 94.0 Å². The molecule has 0 saturated carbocycles. The SMILES string of the molecule is Cc1cccc(C)c1NC(=O)CSc1nc(-c2ccc(Cl)cc2)nc2c1Cc1ccccc1O2. The zero-order chi connectivity index (χ0) is 23.7. The Labute approximate surface area is 207 Å². The van der Waals surface area contributed by atoms with Crippen LogP contribution in [0, 0.1) is 13.8 Å². The maximum Gasteiger partial charge on any atom is 0.234 e. The summed E-state index contributed by atoms with van der Waals surface area (Å²) in [6.45, 7) is 3.98. The van der Waals surface area contributed by atoms with Crippen LogP contribution in [0.5, 0.6) is 11.6 Å². The molecule has 2 heterocycles. The average molecular weight is 488 g/mol. The van der Waals surface area contributed by atoms with Crippen molar-refractivity contribution in [1.29, 1.82) is 0 Å². The van der Waals surface area contributed by atoms with Crippen molar-refractivity contribution in [2.24, 2.45) is 0 Å². The summed E-state index contributed by atoms with van der Waals surface area (Å²) in [5, 5.41) is 4.43. The summed E-state index contributed by atoms with van der Waals surface area (Å²) in [6, 6.07) is 21.2. The highest BCUT2D eigenvalue weighted by Gasteiger charge is 2.24. The normalized spacial score (nSPS) is 11.9. The number of carbonyl (C=O) groups is 1. The van der Waals surface area contributed by atoms with Gasteiger partial charge >= 0.3 is 0 Å². The average Bonchev–Trinajstić information content (AvgIpc) is 2.84. The Morgan fingerprint density at radius 2 is 1.74 bits per heavy atom. The lowest BCUT2D eigenvalue weighted by atomic mass is 10.0. The summed E-state index contributed by atoms with van der Waals surface area (Å²) < 4.78 is 6.15. The molecule has 7 heteroatoms. The van der Waals surface area contributed by atoms with Gasteiger partial charge in [0.1, 0.15) is 10.8 Å². The van der Waals surface area contributed by atoms with Gasteiger partial charge in [0.2, 0.25) is 11.8 Å². The van der Waals surface area contributed by atoms with Crippen LogP contribution in [0.2, 0.25) is 5.02 Å². The van der Waals surface area contributed by atoms with Crippen LogP contribution < -0.4 is 10.1 Å². The first-order chi connectivity index (χ1) is 16.5. The number of fused-ring (bicyclic) bond motifs is 2. The third-order valence-electron chi connectivity index (χ3n) is 5.67. The monoisotopic (exact) mass is 487 g/mol. The van der Waals surface area contributed by atoms with Crippen molar-refractivity contribution in [3.63, 3.8) is 0 Å². The summed E-state index contributed by atoms with van der Waals surface area (Å²) in [4.78, 5) is 22.4. The molecule has 0 aliphatic carbocycles. The first kappa shape index (κ1) is 22.4. The number of ether oxygens (including phenoxy) is 1. The number of hydrogen-bond donors (Lipinski definition) is 1. The van der Waals surface area contributed by atoms with Crippen LogP contribution in [0.15, 0.2) is 71.8 Å². The number of hydrogen-bond acceptors (Lipinski definition) is 5. The molecule has 1 aliphatic heterocycles. The number of nitrogens with one attached hydrogen (secondary N) is 1. The maximum absolute atomic E-state index is 12.8. The topological polar surface area (TPSA) is 64.1 Å². The fraction of sp³-hybridized carbons (Fsp3) is 0.148. The van der Waals surface area contributed by atoms with Crippen molar-refractivity contribution >= 4 is 35.0 Å². The molecule has 0 spiro atoms. The molecule has 0 fully saturated rings. The van der Waals surface area contributed by atoms with E-state index in [2.05, 4.69) is 5.32 Å². The van der Waals surface area contributed by atoms with E-state index in [1.54, 1.807) is 12.1 Å². The van der Waals surface area contributed by atoms with Crippen LogP contribution >= 0.6 is 23.4 Å². The van der Waals surface area contributed by atoms with Gasteiger partial charge in [0.15, 0.2) is 5.82 Å². The van der Waals surface area contributed by atoms with Crippen LogP contribution in [-0.4, -0.2) is 21.6 Å². The van der Waals surface area contributed by atoms with Gasteiger partial charge in [-0.25, -0.2) is 4.98 Å². The number of carbonyl (C=O) groups excluding carboxylic acids is 1. The second kappa shape index (κ2) is 9.49. The Morgan fingerprint density at radius 1 is 1.00 bits per heavy atom. The van der Waals surface area contributed by atoms with Crippen molar-refractivity contribution < 1.29 is 9.53 Å². The molecule has 0 unspecified atom stereocenters. The molecule has 3 aromatic carbocycles. The Bertz CT molecular complexity index is 1370. The highest BCUT2D eigenvalue weighted by Crippen LogP contribution is 2.40.